The van der Waals surface area contributed by atoms with E-state index in [0.29, 0.717) is 30.1 Å². The van der Waals surface area contributed by atoms with E-state index in [9.17, 15) is 23.1 Å². The van der Waals surface area contributed by atoms with Crippen molar-refractivity contribution < 1.29 is 27.8 Å². The maximum atomic E-state index is 12.8. The van der Waals surface area contributed by atoms with Crippen molar-refractivity contribution in [3.05, 3.63) is 58.6 Å². The molecule has 6 nitrogen and oxygen atoms in total. The molecule has 2 unspecified atom stereocenters. The zero-order chi connectivity index (χ0) is 23.0. The van der Waals surface area contributed by atoms with E-state index in [1.807, 2.05) is 24.0 Å². The van der Waals surface area contributed by atoms with Crippen molar-refractivity contribution in [2.75, 3.05) is 26.7 Å². The van der Waals surface area contributed by atoms with E-state index in [4.69, 9.17) is 4.74 Å². The molecule has 2 aromatic rings. The zero-order valence-electron chi connectivity index (χ0n) is 17.4. The second kappa shape index (κ2) is 11.3. The first-order valence-corrected chi connectivity index (χ1v) is 10.5. The number of aliphatic hydroxyl groups is 1. The van der Waals surface area contributed by atoms with Gasteiger partial charge in [-0.2, -0.15) is 13.2 Å². The van der Waals surface area contributed by atoms with Gasteiger partial charge in [0.05, 0.1) is 5.69 Å². The summed E-state index contributed by atoms with van der Waals surface area (Å²) < 4.78 is 43.7. The lowest BCUT2D eigenvalue weighted by molar-refractivity contribution is -0.137. The van der Waals surface area contributed by atoms with Crippen LogP contribution < -0.4 is 10.1 Å². The SMILES string of the molecule is C=CCN(CC(O)c1csc(C(F)(F)F)n1)C(C)Cc1ccc(OCC(=O)NC)cc1. The Balaban J connectivity index is 1.98. The summed E-state index contributed by atoms with van der Waals surface area (Å²) >= 11 is 0.473. The third kappa shape index (κ3) is 7.64. The summed E-state index contributed by atoms with van der Waals surface area (Å²) in [5.41, 5.74) is 1.02. The number of aliphatic hydroxyl groups excluding tert-OH is 1. The van der Waals surface area contributed by atoms with Gasteiger partial charge in [-0.3, -0.25) is 9.69 Å². The van der Waals surface area contributed by atoms with Gasteiger partial charge >= 0.3 is 6.18 Å². The molecule has 1 aromatic heterocycles. The predicted molar refractivity (Wildman–Crippen MR) is 113 cm³/mol. The van der Waals surface area contributed by atoms with E-state index in [1.54, 1.807) is 18.2 Å². The Kier molecular flexibility index (Phi) is 9.02. The quantitative estimate of drug-likeness (QED) is 0.506. The van der Waals surface area contributed by atoms with Crippen LogP contribution in [0.2, 0.25) is 0 Å². The minimum atomic E-state index is -4.52. The molecule has 2 rings (SSSR count). The van der Waals surface area contributed by atoms with Gasteiger partial charge in [0.2, 0.25) is 0 Å². The number of alkyl halides is 3. The van der Waals surface area contributed by atoms with Crippen molar-refractivity contribution in [2.24, 2.45) is 0 Å². The highest BCUT2D eigenvalue weighted by atomic mass is 32.1. The molecule has 0 bridgehead atoms. The van der Waals surface area contributed by atoms with Gasteiger partial charge < -0.3 is 15.2 Å². The highest BCUT2D eigenvalue weighted by Crippen LogP contribution is 2.33. The van der Waals surface area contributed by atoms with Gasteiger partial charge in [-0.15, -0.1) is 17.9 Å². The smallest absolute Gasteiger partial charge is 0.443 e. The Bertz CT molecular complexity index is 856. The monoisotopic (exact) mass is 457 g/mol. The van der Waals surface area contributed by atoms with Crippen molar-refractivity contribution in [3.8, 4) is 5.75 Å². The largest absolute Gasteiger partial charge is 0.484 e. The minimum absolute atomic E-state index is 0.0104. The first kappa shape index (κ1) is 24.8. The van der Waals surface area contributed by atoms with Gasteiger partial charge in [0.1, 0.15) is 11.9 Å². The Hall–Kier alpha value is -2.43. The molecular formula is C21H26F3N3O3S. The molecule has 0 aliphatic heterocycles. The number of hydrogen-bond donors (Lipinski definition) is 2. The molecule has 2 N–H and O–H groups in total. The van der Waals surface area contributed by atoms with Gasteiger partial charge in [0, 0.05) is 31.6 Å². The van der Waals surface area contributed by atoms with Crippen LogP contribution in [0, 0.1) is 0 Å². The second-order valence-corrected chi connectivity index (χ2v) is 7.85. The number of thiazole rings is 1. The van der Waals surface area contributed by atoms with E-state index in [1.165, 1.54) is 12.4 Å². The van der Waals surface area contributed by atoms with Crippen molar-refractivity contribution in [1.82, 2.24) is 15.2 Å². The fourth-order valence-corrected chi connectivity index (χ4v) is 3.63. The number of halogens is 3. The first-order valence-electron chi connectivity index (χ1n) is 9.62. The van der Waals surface area contributed by atoms with E-state index in [0.717, 1.165) is 5.56 Å². The molecule has 1 amide bonds. The van der Waals surface area contributed by atoms with Crippen LogP contribution in [0.1, 0.15) is 29.3 Å². The maximum absolute atomic E-state index is 12.8. The van der Waals surface area contributed by atoms with Crippen LogP contribution in [0.5, 0.6) is 5.75 Å². The molecule has 0 spiro atoms. The fourth-order valence-electron chi connectivity index (χ4n) is 2.90. The molecule has 31 heavy (non-hydrogen) atoms. The molecule has 0 aliphatic carbocycles. The summed E-state index contributed by atoms with van der Waals surface area (Å²) in [6, 6.07) is 7.28. The van der Waals surface area contributed by atoms with Gasteiger partial charge in [-0.05, 0) is 31.0 Å². The molecule has 10 heteroatoms. The van der Waals surface area contributed by atoms with Crippen molar-refractivity contribution >= 4 is 17.2 Å². The van der Waals surface area contributed by atoms with Crippen LogP contribution in [-0.4, -0.2) is 53.7 Å². The van der Waals surface area contributed by atoms with Gasteiger partial charge in [-0.25, -0.2) is 4.98 Å². The molecule has 0 fully saturated rings. The highest BCUT2D eigenvalue weighted by molar-refractivity contribution is 7.09. The van der Waals surface area contributed by atoms with E-state index in [-0.39, 0.29) is 30.8 Å². The third-order valence-electron chi connectivity index (χ3n) is 4.60. The average molecular weight is 458 g/mol. The number of nitrogens with zero attached hydrogens (tertiary/aromatic N) is 2. The average Bonchev–Trinajstić information content (AvgIpc) is 3.23. The number of carbonyl (C=O) groups excluding carboxylic acids is 1. The Morgan fingerprint density at radius 2 is 2.06 bits per heavy atom. The standard InChI is InChI=1S/C21H26F3N3O3S/c1-4-9-27(11-18(28)17-13-31-20(26-17)21(22,23)24)14(2)10-15-5-7-16(8-6-15)30-12-19(29)25-3/h4-8,13-14,18,28H,1,9-12H2,2-3H3,(H,25,29). The number of amides is 1. The van der Waals surface area contributed by atoms with Crippen LogP contribution in [0.4, 0.5) is 13.2 Å². The lowest BCUT2D eigenvalue weighted by Gasteiger charge is -2.29. The fraction of sp³-hybridized carbons (Fsp3) is 0.429. The minimum Gasteiger partial charge on any atom is -0.484 e. The number of hydrogen-bond acceptors (Lipinski definition) is 6. The molecule has 0 radical (unpaired) electrons. The number of carbonyl (C=O) groups is 1. The zero-order valence-corrected chi connectivity index (χ0v) is 18.2. The molecule has 0 saturated heterocycles. The molecule has 170 valence electrons. The van der Waals surface area contributed by atoms with Crippen molar-refractivity contribution in [3.63, 3.8) is 0 Å². The van der Waals surface area contributed by atoms with Crippen LogP contribution in [0.3, 0.4) is 0 Å². The second-order valence-electron chi connectivity index (χ2n) is 6.99. The van der Waals surface area contributed by atoms with Crippen LogP contribution in [0.15, 0.2) is 42.3 Å². The molecular weight excluding hydrogens is 431 g/mol. The summed E-state index contributed by atoms with van der Waals surface area (Å²) in [6.45, 7) is 6.21. The van der Waals surface area contributed by atoms with E-state index < -0.39 is 17.3 Å². The lowest BCUT2D eigenvalue weighted by Crippen LogP contribution is -2.38. The van der Waals surface area contributed by atoms with Gasteiger partial charge in [0.15, 0.2) is 11.6 Å². The number of aromatic nitrogens is 1. The van der Waals surface area contributed by atoms with E-state index >= 15 is 0 Å². The third-order valence-corrected chi connectivity index (χ3v) is 5.51. The number of ether oxygens (including phenoxy) is 1. The number of likely N-dealkylation sites (N-methyl/N-ethyl adjacent to an activating group) is 1. The summed E-state index contributed by atoms with van der Waals surface area (Å²) in [5, 5.41) is 13.2. The highest BCUT2D eigenvalue weighted by Gasteiger charge is 2.35. The van der Waals surface area contributed by atoms with Crippen molar-refractivity contribution in [2.45, 2.75) is 31.7 Å². The van der Waals surface area contributed by atoms with Gasteiger partial charge in [0.25, 0.3) is 5.91 Å². The van der Waals surface area contributed by atoms with E-state index in [2.05, 4.69) is 16.9 Å². The normalized spacial score (nSPS) is 13.6. The number of rotatable bonds is 11. The van der Waals surface area contributed by atoms with Crippen LogP contribution in [-0.2, 0) is 17.4 Å². The Labute approximate surface area is 183 Å². The number of nitrogens with one attached hydrogen (secondary N) is 1. The first-order chi connectivity index (χ1) is 14.6. The van der Waals surface area contributed by atoms with Gasteiger partial charge in [-0.1, -0.05) is 18.2 Å². The number of benzene rings is 1. The lowest BCUT2D eigenvalue weighted by atomic mass is 10.0. The Morgan fingerprint density at radius 1 is 1.39 bits per heavy atom. The molecule has 1 aromatic carbocycles. The van der Waals surface area contributed by atoms with Crippen LogP contribution >= 0.6 is 11.3 Å². The molecule has 0 aliphatic rings. The van der Waals surface area contributed by atoms with Crippen molar-refractivity contribution in [1.29, 1.82) is 0 Å². The summed E-state index contributed by atoms with van der Waals surface area (Å²) in [4.78, 5) is 16.7. The maximum Gasteiger partial charge on any atom is 0.443 e. The Morgan fingerprint density at radius 3 is 2.61 bits per heavy atom. The summed E-state index contributed by atoms with van der Waals surface area (Å²) in [5.74, 6) is 0.348. The summed E-state index contributed by atoms with van der Waals surface area (Å²) in [6.07, 6.45) is -3.34. The molecule has 1 heterocycles. The van der Waals surface area contributed by atoms with Crippen LogP contribution in [0.25, 0.3) is 0 Å². The predicted octanol–water partition coefficient (Wildman–Crippen LogP) is 3.44. The molecule has 2 atom stereocenters. The summed E-state index contributed by atoms with van der Waals surface area (Å²) in [7, 11) is 1.53. The molecule has 0 saturated carbocycles. The topological polar surface area (TPSA) is 74.7 Å².